The maximum atomic E-state index is 12.9. The summed E-state index contributed by atoms with van der Waals surface area (Å²) in [5.41, 5.74) is 13.1. The van der Waals surface area contributed by atoms with Crippen molar-refractivity contribution in [1.29, 1.82) is 0 Å². The average Bonchev–Trinajstić information content (AvgIpc) is 2.38. The summed E-state index contributed by atoms with van der Waals surface area (Å²) < 4.78 is 12.9. The number of carbonyl (C=O) groups excluding carboxylic acids is 1. The first kappa shape index (κ1) is 12.9. The number of amides is 1. The lowest BCUT2D eigenvalue weighted by atomic mass is 10.1. The van der Waals surface area contributed by atoms with Crippen LogP contribution >= 0.6 is 0 Å². The number of halogens is 1. The molecule has 0 radical (unpaired) electrons. The van der Waals surface area contributed by atoms with Gasteiger partial charge in [-0.2, -0.15) is 0 Å². The molecule has 0 unspecified atom stereocenters. The van der Waals surface area contributed by atoms with Crippen molar-refractivity contribution in [3.05, 3.63) is 53.8 Å². The Balaban J connectivity index is 2.46. The molecule has 5 heteroatoms. The van der Waals surface area contributed by atoms with E-state index in [2.05, 4.69) is 0 Å². The zero-order chi connectivity index (χ0) is 14.0. The van der Waals surface area contributed by atoms with Crippen molar-refractivity contribution >= 4 is 23.0 Å². The minimum atomic E-state index is -0.559. The lowest BCUT2D eigenvalue weighted by molar-refractivity contribution is 0.100. The Labute approximate surface area is 110 Å². The minimum Gasteiger partial charge on any atom is -0.399 e. The fraction of sp³-hybridized carbons (Fsp3) is 0.0714. The van der Waals surface area contributed by atoms with Gasteiger partial charge in [-0.1, -0.05) is 0 Å². The van der Waals surface area contributed by atoms with Gasteiger partial charge in [0, 0.05) is 18.4 Å². The summed E-state index contributed by atoms with van der Waals surface area (Å²) >= 11 is 0. The molecule has 0 atom stereocenters. The van der Waals surface area contributed by atoms with Crippen molar-refractivity contribution in [3.63, 3.8) is 0 Å². The molecular weight excluding hydrogens is 245 g/mol. The second-order valence-corrected chi connectivity index (χ2v) is 4.18. The highest BCUT2D eigenvalue weighted by Gasteiger charge is 2.13. The zero-order valence-electron chi connectivity index (χ0n) is 10.4. The van der Waals surface area contributed by atoms with Crippen molar-refractivity contribution in [1.82, 2.24) is 0 Å². The van der Waals surface area contributed by atoms with Gasteiger partial charge in [0.15, 0.2) is 0 Å². The van der Waals surface area contributed by atoms with E-state index >= 15 is 0 Å². The van der Waals surface area contributed by atoms with Gasteiger partial charge in [-0.3, -0.25) is 4.79 Å². The van der Waals surface area contributed by atoms with Gasteiger partial charge in [0.05, 0.1) is 11.3 Å². The monoisotopic (exact) mass is 259 g/mol. The number of nitrogen functional groups attached to an aromatic ring is 1. The molecule has 0 aliphatic heterocycles. The van der Waals surface area contributed by atoms with Crippen LogP contribution in [0.3, 0.4) is 0 Å². The summed E-state index contributed by atoms with van der Waals surface area (Å²) in [5, 5.41) is 0. The topological polar surface area (TPSA) is 72.3 Å². The minimum absolute atomic E-state index is 0.315. The maximum Gasteiger partial charge on any atom is 0.250 e. The van der Waals surface area contributed by atoms with Crippen molar-refractivity contribution in [2.75, 3.05) is 17.7 Å². The molecule has 0 aliphatic carbocycles. The van der Waals surface area contributed by atoms with Crippen LogP contribution in [-0.4, -0.2) is 13.0 Å². The molecule has 2 rings (SSSR count). The van der Waals surface area contributed by atoms with Crippen LogP contribution < -0.4 is 16.4 Å². The highest BCUT2D eigenvalue weighted by atomic mass is 19.1. The third kappa shape index (κ3) is 2.65. The lowest BCUT2D eigenvalue weighted by Crippen LogP contribution is -2.18. The number of hydrogen-bond acceptors (Lipinski definition) is 3. The van der Waals surface area contributed by atoms with Crippen molar-refractivity contribution in [2.45, 2.75) is 0 Å². The number of nitrogens with two attached hydrogens (primary N) is 2. The van der Waals surface area contributed by atoms with Gasteiger partial charge >= 0.3 is 0 Å². The number of carbonyl (C=O) groups is 1. The second kappa shape index (κ2) is 4.97. The first-order chi connectivity index (χ1) is 8.99. The Morgan fingerprint density at radius 3 is 2.37 bits per heavy atom. The van der Waals surface area contributed by atoms with E-state index in [9.17, 15) is 9.18 Å². The fourth-order valence-corrected chi connectivity index (χ4v) is 1.85. The standard InChI is InChI=1S/C14H14FN3O/c1-18(11-5-2-9(15)3-6-11)13-7-4-10(16)8-12(13)14(17)19/h2-8H,16H2,1H3,(H2,17,19). The maximum absolute atomic E-state index is 12.9. The number of nitrogens with zero attached hydrogens (tertiary/aromatic N) is 1. The molecule has 0 spiro atoms. The molecule has 0 saturated carbocycles. The van der Waals surface area contributed by atoms with Gasteiger partial charge in [-0.15, -0.1) is 0 Å². The predicted octanol–water partition coefficient (Wildman–Crippen LogP) is 2.27. The van der Waals surface area contributed by atoms with Gasteiger partial charge in [0.25, 0.3) is 5.91 Å². The number of primary amides is 1. The van der Waals surface area contributed by atoms with Crippen LogP contribution in [0.4, 0.5) is 21.5 Å². The van der Waals surface area contributed by atoms with Crippen LogP contribution in [0.5, 0.6) is 0 Å². The molecule has 0 aliphatic rings. The summed E-state index contributed by atoms with van der Waals surface area (Å²) in [6.45, 7) is 0. The Hall–Kier alpha value is -2.56. The molecular formula is C14H14FN3O. The molecule has 0 saturated heterocycles. The first-order valence-electron chi connectivity index (χ1n) is 5.67. The van der Waals surface area contributed by atoms with E-state index in [1.165, 1.54) is 18.2 Å². The number of benzene rings is 2. The van der Waals surface area contributed by atoms with Crippen LogP contribution in [0.15, 0.2) is 42.5 Å². The highest BCUT2D eigenvalue weighted by Crippen LogP contribution is 2.28. The molecule has 2 aromatic rings. The van der Waals surface area contributed by atoms with Gasteiger partial charge in [0.1, 0.15) is 5.82 Å². The fourth-order valence-electron chi connectivity index (χ4n) is 1.85. The molecule has 4 nitrogen and oxygen atoms in total. The molecule has 0 heterocycles. The van der Waals surface area contributed by atoms with Gasteiger partial charge in [-0.25, -0.2) is 4.39 Å². The van der Waals surface area contributed by atoms with Crippen LogP contribution in [0.1, 0.15) is 10.4 Å². The SMILES string of the molecule is CN(c1ccc(F)cc1)c1ccc(N)cc1C(N)=O. The number of hydrogen-bond donors (Lipinski definition) is 2. The van der Waals surface area contributed by atoms with Crippen molar-refractivity contribution < 1.29 is 9.18 Å². The quantitative estimate of drug-likeness (QED) is 0.830. The lowest BCUT2D eigenvalue weighted by Gasteiger charge is -2.22. The van der Waals surface area contributed by atoms with E-state index in [1.807, 2.05) is 0 Å². The summed E-state index contributed by atoms with van der Waals surface area (Å²) in [5.74, 6) is -0.874. The number of rotatable bonds is 3. The van der Waals surface area contributed by atoms with Crippen LogP contribution in [0.25, 0.3) is 0 Å². The van der Waals surface area contributed by atoms with Gasteiger partial charge in [0.2, 0.25) is 0 Å². The average molecular weight is 259 g/mol. The van der Waals surface area contributed by atoms with E-state index in [4.69, 9.17) is 11.5 Å². The largest absolute Gasteiger partial charge is 0.399 e. The van der Waals surface area contributed by atoms with Crippen LogP contribution in [0.2, 0.25) is 0 Å². The van der Waals surface area contributed by atoms with E-state index in [0.29, 0.717) is 16.9 Å². The molecule has 0 bridgehead atoms. The Morgan fingerprint density at radius 1 is 1.16 bits per heavy atom. The number of anilines is 3. The Kier molecular flexibility index (Phi) is 3.37. The first-order valence-corrected chi connectivity index (χ1v) is 5.67. The van der Waals surface area contributed by atoms with Crippen LogP contribution in [-0.2, 0) is 0 Å². The van der Waals surface area contributed by atoms with E-state index < -0.39 is 5.91 Å². The summed E-state index contributed by atoms with van der Waals surface area (Å²) in [4.78, 5) is 13.2. The second-order valence-electron chi connectivity index (χ2n) is 4.18. The molecule has 0 aromatic heterocycles. The zero-order valence-corrected chi connectivity index (χ0v) is 10.4. The molecule has 1 amide bonds. The Morgan fingerprint density at radius 2 is 1.79 bits per heavy atom. The Bertz CT molecular complexity index is 611. The summed E-state index contributed by atoms with van der Waals surface area (Å²) in [6.07, 6.45) is 0. The van der Waals surface area contributed by atoms with Crippen LogP contribution in [0, 0.1) is 5.82 Å². The van der Waals surface area contributed by atoms with Gasteiger partial charge < -0.3 is 16.4 Å². The van der Waals surface area contributed by atoms with Gasteiger partial charge in [-0.05, 0) is 42.5 Å². The molecule has 98 valence electrons. The third-order valence-corrected chi connectivity index (χ3v) is 2.86. The van der Waals surface area contributed by atoms with Crippen molar-refractivity contribution in [3.8, 4) is 0 Å². The van der Waals surface area contributed by atoms with Crippen molar-refractivity contribution in [2.24, 2.45) is 5.73 Å². The molecule has 0 fully saturated rings. The molecule has 4 N–H and O–H groups in total. The molecule has 2 aromatic carbocycles. The third-order valence-electron chi connectivity index (χ3n) is 2.86. The summed E-state index contributed by atoms with van der Waals surface area (Å²) in [7, 11) is 1.77. The summed E-state index contributed by atoms with van der Waals surface area (Å²) in [6, 6.07) is 10.9. The molecule has 19 heavy (non-hydrogen) atoms. The normalized spacial score (nSPS) is 10.2. The van der Waals surface area contributed by atoms with E-state index in [1.54, 1.807) is 36.2 Å². The van der Waals surface area contributed by atoms with E-state index in [0.717, 1.165) is 5.69 Å². The smallest absolute Gasteiger partial charge is 0.250 e. The highest BCUT2D eigenvalue weighted by molar-refractivity contribution is 6.00. The van der Waals surface area contributed by atoms with E-state index in [-0.39, 0.29) is 5.82 Å². The predicted molar refractivity (Wildman–Crippen MR) is 73.8 cm³/mol.